The third kappa shape index (κ3) is 4.53. The van der Waals surface area contributed by atoms with Crippen molar-refractivity contribution in [2.24, 2.45) is 11.8 Å². The van der Waals surface area contributed by atoms with Crippen molar-refractivity contribution in [2.75, 3.05) is 14.1 Å². The Morgan fingerprint density at radius 1 is 1.21 bits per heavy atom. The Balaban J connectivity index is 1.74. The molecule has 4 rings (SSSR count). The van der Waals surface area contributed by atoms with E-state index < -0.39 is 18.1 Å². The number of aryl methyl sites for hydroxylation is 1. The Bertz CT molecular complexity index is 1040. The van der Waals surface area contributed by atoms with Crippen molar-refractivity contribution in [1.29, 1.82) is 0 Å². The maximum absolute atomic E-state index is 14.1. The van der Waals surface area contributed by atoms with E-state index in [0.717, 1.165) is 17.8 Å². The molecule has 1 fully saturated rings. The lowest BCUT2D eigenvalue weighted by Crippen LogP contribution is -2.67. The van der Waals surface area contributed by atoms with Gasteiger partial charge in [0.2, 0.25) is 11.8 Å². The van der Waals surface area contributed by atoms with Crippen LogP contribution < -0.4 is 5.32 Å². The quantitative estimate of drug-likeness (QED) is 0.707. The molecule has 33 heavy (non-hydrogen) atoms. The van der Waals surface area contributed by atoms with Crippen LogP contribution in [0, 0.1) is 18.8 Å². The van der Waals surface area contributed by atoms with Crippen molar-refractivity contribution in [3.63, 3.8) is 0 Å². The first kappa shape index (κ1) is 23.4. The Hall–Kier alpha value is -2.74. The molecule has 176 valence electrons. The molecule has 1 N–H and O–H groups in total. The first-order valence-electron chi connectivity index (χ1n) is 11.5. The summed E-state index contributed by atoms with van der Waals surface area (Å²) in [6.07, 6.45) is 1.95. The van der Waals surface area contributed by atoms with Crippen LogP contribution in [0.3, 0.4) is 0 Å². The number of benzene rings is 1. The summed E-state index contributed by atoms with van der Waals surface area (Å²) in [5.41, 5.74) is 2.97. The molecular formula is C25H32N4O3S. The molecule has 1 unspecified atom stereocenters. The van der Waals surface area contributed by atoms with E-state index >= 15 is 0 Å². The molecule has 1 aromatic carbocycles. The predicted molar refractivity (Wildman–Crippen MR) is 128 cm³/mol. The summed E-state index contributed by atoms with van der Waals surface area (Å²) in [6, 6.07) is 5.88. The molecule has 0 saturated carbocycles. The van der Waals surface area contributed by atoms with E-state index in [1.54, 1.807) is 19.0 Å². The lowest BCUT2D eigenvalue weighted by atomic mass is 9.88. The van der Waals surface area contributed by atoms with Gasteiger partial charge >= 0.3 is 0 Å². The number of aromatic nitrogens is 1. The number of thiazole rings is 1. The molecule has 3 amide bonds. The largest absolute Gasteiger partial charge is 0.347 e. The molecule has 1 aliphatic heterocycles. The number of fused-ring (bicyclic) bond motifs is 1. The van der Waals surface area contributed by atoms with Gasteiger partial charge in [0.25, 0.3) is 5.91 Å². The number of hydrogen-bond acceptors (Lipinski definition) is 5. The second-order valence-corrected chi connectivity index (χ2v) is 10.8. The molecule has 1 saturated heterocycles. The van der Waals surface area contributed by atoms with Gasteiger partial charge in [-0.1, -0.05) is 38.1 Å². The van der Waals surface area contributed by atoms with Crippen LogP contribution in [0.25, 0.3) is 0 Å². The van der Waals surface area contributed by atoms with Crippen LogP contribution in [0.1, 0.15) is 48.1 Å². The Morgan fingerprint density at radius 3 is 2.36 bits per heavy atom. The fourth-order valence-corrected chi connectivity index (χ4v) is 5.64. The molecule has 2 aliphatic rings. The zero-order valence-electron chi connectivity index (χ0n) is 19.9. The minimum absolute atomic E-state index is 0.0337. The lowest BCUT2D eigenvalue weighted by Gasteiger charge is -2.44. The van der Waals surface area contributed by atoms with E-state index in [4.69, 9.17) is 0 Å². The third-order valence-electron chi connectivity index (χ3n) is 6.58. The van der Waals surface area contributed by atoms with Gasteiger partial charge in [-0.25, -0.2) is 4.98 Å². The van der Waals surface area contributed by atoms with Crippen molar-refractivity contribution in [3.8, 4) is 0 Å². The van der Waals surface area contributed by atoms with Gasteiger partial charge in [-0.05, 0) is 49.1 Å². The van der Waals surface area contributed by atoms with Crippen molar-refractivity contribution in [2.45, 2.75) is 58.2 Å². The van der Waals surface area contributed by atoms with Crippen LogP contribution in [0.2, 0.25) is 0 Å². The van der Waals surface area contributed by atoms with Crippen LogP contribution in [-0.2, 0) is 27.2 Å². The van der Waals surface area contributed by atoms with Gasteiger partial charge in [-0.3, -0.25) is 14.4 Å². The first-order chi connectivity index (χ1) is 15.7. The number of likely N-dealkylation sites (N-methyl/N-ethyl adjacent to an activating group) is 1. The molecule has 1 aromatic heterocycles. The number of hydrogen-bond donors (Lipinski definition) is 1. The van der Waals surface area contributed by atoms with Gasteiger partial charge in [-0.2, -0.15) is 0 Å². The average Bonchev–Trinajstić information content (AvgIpc) is 3.38. The second kappa shape index (κ2) is 9.25. The van der Waals surface area contributed by atoms with Gasteiger partial charge in [0.1, 0.15) is 12.1 Å². The standard InChI is InChI=1S/C25H32N4O3S/c1-14(2)10-20-23(30)27-21(18-11-16-8-6-7-9-17(16)12-18)24(31)29(20)22(25(32)28(4)5)19-13-33-15(3)26-19/h6-9,13-14,18,20-22H,10-12H2,1-5H3,(H,27,30)/t20-,21?,22-/m1/s1. The molecule has 2 aromatic rings. The molecule has 0 radical (unpaired) electrons. The Morgan fingerprint density at radius 2 is 1.85 bits per heavy atom. The lowest BCUT2D eigenvalue weighted by molar-refractivity contribution is -0.159. The molecule has 7 nitrogen and oxygen atoms in total. The summed E-state index contributed by atoms with van der Waals surface area (Å²) >= 11 is 1.44. The average molecular weight is 469 g/mol. The minimum Gasteiger partial charge on any atom is -0.347 e. The summed E-state index contributed by atoms with van der Waals surface area (Å²) < 4.78 is 0. The second-order valence-electron chi connectivity index (χ2n) is 9.74. The fraction of sp³-hybridized carbons (Fsp3) is 0.520. The Kier molecular flexibility index (Phi) is 6.56. The van der Waals surface area contributed by atoms with Gasteiger partial charge in [0, 0.05) is 19.5 Å². The van der Waals surface area contributed by atoms with Crippen molar-refractivity contribution < 1.29 is 14.4 Å². The molecule has 3 atom stereocenters. The highest BCUT2D eigenvalue weighted by atomic mass is 32.1. The molecule has 2 heterocycles. The highest BCUT2D eigenvalue weighted by molar-refractivity contribution is 7.09. The third-order valence-corrected chi connectivity index (χ3v) is 7.37. The fourth-order valence-electron chi connectivity index (χ4n) is 5.01. The topological polar surface area (TPSA) is 82.6 Å². The minimum atomic E-state index is -0.918. The number of piperazine rings is 1. The van der Waals surface area contributed by atoms with Crippen LogP contribution >= 0.6 is 11.3 Å². The normalized spacial score (nSPS) is 21.8. The summed E-state index contributed by atoms with van der Waals surface area (Å²) in [5, 5.41) is 5.68. The zero-order valence-corrected chi connectivity index (χ0v) is 20.7. The number of nitrogens with one attached hydrogen (secondary N) is 1. The summed E-state index contributed by atoms with van der Waals surface area (Å²) in [5.74, 6) is -0.480. The SMILES string of the molecule is Cc1nc([C@H](C(=O)N(C)C)N2C(=O)C(C3Cc4ccccc4C3)NC(=O)[C@H]2CC(C)C)cs1. The van der Waals surface area contributed by atoms with Gasteiger partial charge < -0.3 is 15.1 Å². The number of carbonyl (C=O) groups is 3. The smallest absolute Gasteiger partial charge is 0.251 e. The first-order valence-corrected chi connectivity index (χ1v) is 12.4. The van der Waals surface area contributed by atoms with E-state index in [9.17, 15) is 14.4 Å². The van der Waals surface area contributed by atoms with E-state index in [0.29, 0.717) is 12.1 Å². The Labute approximate surface area is 199 Å². The van der Waals surface area contributed by atoms with Crippen molar-refractivity contribution in [3.05, 3.63) is 51.5 Å². The molecular weight excluding hydrogens is 436 g/mol. The van der Waals surface area contributed by atoms with Crippen LogP contribution in [0.4, 0.5) is 0 Å². The van der Waals surface area contributed by atoms with Gasteiger partial charge in [-0.15, -0.1) is 11.3 Å². The zero-order chi connectivity index (χ0) is 23.9. The number of nitrogens with zero attached hydrogens (tertiary/aromatic N) is 3. The molecule has 1 aliphatic carbocycles. The maximum Gasteiger partial charge on any atom is 0.251 e. The summed E-state index contributed by atoms with van der Waals surface area (Å²) in [4.78, 5) is 48.5. The number of rotatable bonds is 6. The van der Waals surface area contributed by atoms with E-state index in [1.807, 2.05) is 38.3 Å². The van der Waals surface area contributed by atoms with Crippen LogP contribution in [-0.4, -0.2) is 58.7 Å². The monoisotopic (exact) mass is 468 g/mol. The molecule has 0 spiro atoms. The van der Waals surface area contributed by atoms with Gasteiger partial charge in [0.05, 0.1) is 10.7 Å². The molecule has 0 bridgehead atoms. The van der Waals surface area contributed by atoms with Crippen molar-refractivity contribution in [1.82, 2.24) is 20.1 Å². The highest BCUT2D eigenvalue weighted by Crippen LogP contribution is 2.35. The predicted octanol–water partition coefficient (Wildman–Crippen LogP) is 2.74. The van der Waals surface area contributed by atoms with Gasteiger partial charge in [0.15, 0.2) is 6.04 Å². The van der Waals surface area contributed by atoms with Crippen LogP contribution in [0.5, 0.6) is 0 Å². The number of amides is 3. The highest BCUT2D eigenvalue weighted by Gasteiger charge is 2.50. The van der Waals surface area contributed by atoms with E-state index in [1.165, 1.54) is 27.4 Å². The number of carbonyl (C=O) groups excluding carboxylic acids is 3. The molecule has 8 heteroatoms. The summed E-state index contributed by atoms with van der Waals surface area (Å²) in [6.45, 7) is 5.91. The summed E-state index contributed by atoms with van der Waals surface area (Å²) in [7, 11) is 3.34. The van der Waals surface area contributed by atoms with Crippen LogP contribution in [0.15, 0.2) is 29.6 Å². The van der Waals surface area contributed by atoms with Crippen molar-refractivity contribution >= 4 is 29.1 Å². The van der Waals surface area contributed by atoms with E-state index in [-0.39, 0.29) is 29.6 Å². The maximum atomic E-state index is 14.1. The van der Waals surface area contributed by atoms with E-state index in [2.05, 4.69) is 22.4 Å².